The second-order valence-electron chi connectivity index (χ2n) is 4.85. The molecule has 90 valence electrons. The van der Waals surface area contributed by atoms with Crippen LogP contribution in [-0.2, 0) is 6.42 Å². The molecular weight excluding hydrogens is 334 g/mol. The molecule has 0 aromatic carbocycles. The molecule has 1 fully saturated rings. The highest BCUT2D eigenvalue weighted by Gasteiger charge is 2.37. The Hall–Kier alpha value is 0.200. The first kappa shape index (κ1) is 12.7. The van der Waals surface area contributed by atoms with Gasteiger partial charge in [-0.3, -0.25) is 0 Å². The van der Waals surface area contributed by atoms with E-state index in [0.29, 0.717) is 5.92 Å². The van der Waals surface area contributed by atoms with Crippen LogP contribution in [0, 0.1) is 5.92 Å². The molecule has 1 aromatic heterocycles. The molecule has 0 aliphatic carbocycles. The Morgan fingerprint density at radius 2 is 2.25 bits per heavy atom. The van der Waals surface area contributed by atoms with Gasteiger partial charge in [0.05, 0.1) is 4.47 Å². The molecule has 1 saturated heterocycles. The molecule has 1 atom stereocenters. The van der Waals surface area contributed by atoms with Crippen molar-refractivity contribution < 1.29 is 4.42 Å². The fraction of sp³-hybridized carbons (Fsp3) is 0.667. The summed E-state index contributed by atoms with van der Waals surface area (Å²) in [5.41, 5.74) is 0.219. The van der Waals surface area contributed by atoms with Crippen molar-refractivity contribution in [2.45, 2.75) is 38.6 Å². The van der Waals surface area contributed by atoms with Gasteiger partial charge in [-0.2, -0.15) is 0 Å². The number of rotatable bonds is 3. The lowest BCUT2D eigenvalue weighted by atomic mass is 9.81. The summed E-state index contributed by atoms with van der Waals surface area (Å²) < 4.78 is 7.47. The quantitative estimate of drug-likeness (QED) is 0.886. The second kappa shape index (κ2) is 4.83. The van der Waals surface area contributed by atoms with Gasteiger partial charge in [-0.1, -0.05) is 13.8 Å². The normalized spacial score (nSPS) is 25.6. The van der Waals surface area contributed by atoms with Crippen LogP contribution in [0.5, 0.6) is 0 Å². The third-order valence-corrected chi connectivity index (χ3v) is 5.28. The van der Waals surface area contributed by atoms with Crippen molar-refractivity contribution in [1.82, 2.24) is 5.32 Å². The number of hydrogen-bond donors (Lipinski definition) is 1. The summed E-state index contributed by atoms with van der Waals surface area (Å²) in [4.78, 5) is 0. The van der Waals surface area contributed by atoms with E-state index in [9.17, 15) is 0 Å². The van der Waals surface area contributed by atoms with E-state index in [0.717, 1.165) is 27.9 Å². The topological polar surface area (TPSA) is 25.2 Å². The van der Waals surface area contributed by atoms with Crippen LogP contribution >= 0.6 is 31.9 Å². The third kappa shape index (κ3) is 2.39. The lowest BCUT2D eigenvalue weighted by Crippen LogP contribution is -2.46. The van der Waals surface area contributed by atoms with E-state index < -0.39 is 0 Å². The molecule has 1 unspecified atom stereocenters. The first-order chi connectivity index (χ1) is 7.53. The molecule has 0 saturated carbocycles. The molecule has 16 heavy (non-hydrogen) atoms. The zero-order valence-electron chi connectivity index (χ0n) is 9.65. The van der Waals surface area contributed by atoms with Crippen molar-refractivity contribution in [3.63, 3.8) is 0 Å². The molecule has 2 nitrogen and oxygen atoms in total. The van der Waals surface area contributed by atoms with E-state index in [2.05, 4.69) is 57.1 Å². The number of halogens is 2. The van der Waals surface area contributed by atoms with Crippen molar-refractivity contribution >= 4 is 31.9 Å². The van der Waals surface area contributed by atoms with Gasteiger partial charge < -0.3 is 9.73 Å². The molecule has 1 N–H and O–H groups in total. The Kier molecular flexibility index (Phi) is 3.82. The van der Waals surface area contributed by atoms with Gasteiger partial charge in [0.1, 0.15) is 5.76 Å². The maximum absolute atomic E-state index is 5.68. The largest absolute Gasteiger partial charge is 0.453 e. The van der Waals surface area contributed by atoms with Gasteiger partial charge in [-0.05, 0) is 63.2 Å². The van der Waals surface area contributed by atoms with Gasteiger partial charge >= 0.3 is 0 Å². The average Bonchev–Trinajstić information content (AvgIpc) is 2.77. The molecule has 0 amide bonds. The zero-order valence-corrected chi connectivity index (χ0v) is 12.8. The van der Waals surface area contributed by atoms with Gasteiger partial charge in [-0.15, -0.1) is 0 Å². The van der Waals surface area contributed by atoms with E-state index in [4.69, 9.17) is 4.42 Å². The summed E-state index contributed by atoms with van der Waals surface area (Å²) in [7, 11) is 0. The summed E-state index contributed by atoms with van der Waals surface area (Å²) in [5, 5.41) is 3.66. The smallest absolute Gasteiger partial charge is 0.183 e. The molecule has 2 heterocycles. The van der Waals surface area contributed by atoms with Crippen LogP contribution in [0.2, 0.25) is 0 Å². The predicted octanol–water partition coefficient (Wildman–Crippen LogP) is 4.13. The average molecular weight is 351 g/mol. The van der Waals surface area contributed by atoms with Crippen molar-refractivity contribution in [2.75, 3.05) is 6.54 Å². The minimum atomic E-state index is 0.219. The lowest BCUT2D eigenvalue weighted by Gasteiger charge is -2.33. The Morgan fingerprint density at radius 1 is 1.50 bits per heavy atom. The molecule has 1 aliphatic heterocycles. The summed E-state index contributed by atoms with van der Waals surface area (Å²) >= 11 is 6.85. The van der Waals surface area contributed by atoms with Crippen LogP contribution in [0.15, 0.2) is 19.6 Å². The molecule has 0 radical (unpaired) electrons. The highest BCUT2D eigenvalue weighted by molar-refractivity contribution is 9.13. The van der Waals surface area contributed by atoms with Crippen LogP contribution in [0.3, 0.4) is 0 Å². The number of nitrogens with one attached hydrogen (secondary N) is 1. The van der Waals surface area contributed by atoms with Crippen LogP contribution in [0.1, 0.15) is 32.4 Å². The summed E-state index contributed by atoms with van der Waals surface area (Å²) in [6.07, 6.45) is 3.47. The van der Waals surface area contributed by atoms with E-state index in [1.165, 1.54) is 12.8 Å². The maximum Gasteiger partial charge on any atom is 0.183 e. The summed E-state index contributed by atoms with van der Waals surface area (Å²) in [5.74, 6) is 1.67. The van der Waals surface area contributed by atoms with Gasteiger partial charge in [0.2, 0.25) is 0 Å². The molecule has 0 spiro atoms. The van der Waals surface area contributed by atoms with E-state index in [1.54, 1.807) is 0 Å². The Balaban J connectivity index is 2.17. The van der Waals surface area contributed by atoms with Crippen molar-refractivity contribution in [1.29, 1.82) is 0 Å². The van der Waals surface area contributed by atoms with E-state index in [-0.39, 0.29) is 5.54 Å². The monoisotopic (exact) mass is 349 g/mol. The zero-order chi connectivity index (χ0) is 11.8. The Bertz CT molecular complexity index is 348. The van der Waals surface area contributed by atoms with Gasteiger partial charge in [-0.25, -0.2) is 0 Å². The molecule has 4 heteroatoms. The number of hydrogen-bond acceptors (Lipinski definition) is 2. The number of furan rings is 1. The third-order valence-electron chi connectivity index (χ3n) is 3.57. The second-order valence-corrected chi connectivity index (χ2v) is 6.43. The molecule has 1 aromatic rings. The summed E-state index contributed by atoms with van der Waals surface area (Å²) in [6, 6.07) is 2.06. The molecular formula is C12H17Br2NO. The molecule has 0 bridgehead atoms. The molecule has 2 rings (SSSR count). The van der Waals surface area contributed by atoms with Crippen molar-refractivity contribution in [2.24, 2.45) is 5.92 Å². The first-order valence-electron chi connectivity index (χ1n) is 5.72. The fourth-order valence-electron chi connectivity index (χ4n) is 2.47. The SMILES string of the molecule is CC(C)C1(Cc2cc(Br)c(Br)o2)CCCN1. The minimum Gasteiger partial charge on any atom is -0.453 e. The van der Waals surface area contributed by atoms with Gasteiger partial charge in [0.15, 0.2) is 4.67 Å². The van der Waals surface area contributed by atoms with Crippen LogP contribution in [-0.4, -0.2) is 12.1 Å². The first-order valence-corrected chi connectivity index (χ1v) is 7.31. The lowest BCUT2D eigenvalue weighted by molar-refractivity contribution is 0.252. The standard InChI is InChI=1S/C12H17Br2NO/c1-8(2)12(4-3-5-15-12)7-9-6-10(13)11(14)16-9/h6,8,15H,3-5,7H2,1-2H3. The predicted molar refractivity (Wildman–Crippen MR) is 72.6 cm³/mol. The van der Waals surface area contributed by atoms with Crippen molar-refractivity contribution in [3.05, 3.63) is 21.0 Å². The minimum absolute atomic E-state index is 0.219. The highest BCUT2D eigenvalue weighted by Crippen LogP contribution is 2.34. The fourth-order valence-corrected chi connectivity index (χ4v) is 3.13. The van der Waals surface area contributed by atoms with Crippen molar-refractivity contribution in [3.8, 4) is 0 Å². The van der Waals surface area contributed by atoms with Gasteiger partial charge in [0, 0.05) is 12.0 Å². The Labute approximate surface area is 113 Å². The maximum atomic E-state index is 5.68. The highest BCUT2D eigenvalue weighted by atomic mass is 79.9. The summed E-state index contributed by atoms with van der Waals surface area (Å²) in [6.45, 7) is 5.69. The van der Waals surface area contributed by atoms with E-state index >= 15 is 0 Å². The van der Waals surface area contributed by atoms with Gasteiger partial charge in [0.25, 0.3) is 0 Å². The Morgan fingerprint density at radius 3 is 2.69 bits per heavy atom. The molecule has 1 aliphatic rings. The van der Waals surface area contributed by atoms with E-state index in [1.807, 2.05) is 0 Å². The van der Waals surface area contributed by atoms with Crippen LogP contribution < -0.4 is 5.32 Å². The van der Waals surface area contributed by atoms with Crippen LogP contribution in [0.25, 0.3) is 0 Å². The van der Waals surface area contributed by atoms with Crippen LogP contribution in [0.4, 0.5) is 0 Å².